The fourth-order valence-corrected chi connectivity index (χ4v) is 4.47. The van der Waals surface area contributed by atoms with Crippen LogP contribution in [0, 0.1) is 0 Å². The van der Waals surface area contributed by atoms with Gasteiger partial charge in [0.1, 0.15) is 23.9 Å². The van der Waals surface area contributed by atoms with Crippen molar-refractivity contribution in [2.24, 2.45) is 0 Å². The lowest BCUT2D eigenvalue weighted by atomic mass is 10.00. The standard InChI is InChI=1S/C29H28N4O3/c1-3-18(2)33-26-11-10-21(20-9-8-19-12-13-31-29(30)23(19)14-20)15-24(26)25(32-33)17-36-27-7-5-4-6-22(27)16-28(34)35/h4-15,18H,3,16-17H2,1-2H3,(H2,30,31)(H,34,35). The van der Waals surface area contributed by atoms with E-state index in [0.717, 1.165) is 44.9 Å². The van der Waals surface area contributed by atoms with Gasteiger partial charge in [-0.25, -0.2) is 4.98 Å². The minimum absolute atomic E-state index is 0.0949. The van der Waals surface area contributed by atoms with Crippen molar-refractivity contribution in [3.05, 3.63) is 84.2 Å². The maximum Gasteiger partial charge on any atom is 0.307 e. The number of carbonyl (C=O) groups is 1. The highest BCUT2D eigenvalue weighted by atomic mass is 16.5. The van der Waals surface area contributed by atoms with Gasteiger partial charge in [-0.1, -0.05) is 43.3 Å². The highest BCUT2D eigenvalue weighted by Crippen LogP contribution is 2.32. The molecule has 0 spiro atoms. The molecule has 5 aromatic rings. The van der Waals surface area contributed by atoms with Crippen molar-refractivity contribution in [2.45, 2.75) is 39.3 Å². The molecule has 0 aliphatic heterocycles. The van der Waals surface area contributed by atoms with Crippen LogP contribution in [0.1, 0.15) is 37.6 Å². The van der Waals surface area contributed by atoms with Gasteiger partial charge in [0.2, 0.25) is 0 Å². The molecule has 36 heavy (non-hydrogen) atoms. The monoisotopic (exact) mass is 480 g/mol. The first-order valence-corrected chi connectivity index (χ1v) is 12.0. The number of pyridine rings is 1. The van der Waals surface area contributed by atoms with Gasteiger partial charge in [-0.15, -0.1) is 0 Å². The van der Waals surface area contributed by atoms with Crippen molar-refractivity contribution in [1.29, 1.82) is 0 Å². The van der Waals surface area contributed by atoms with Gasteiger partial charge < -0.3 is 15.6 Å². The molecule has 0 aliphatic carbocycles. The number of carboxylic acid groups (broad SMARTS) is 1. The molecule has 182 valence electrons. The summed E-state index contributed by atoms with van der Waals surface area (Å²) in [5.41, 5.74) is 10.7. The quantitative estimate of drug-likeness (QED) is 0.282. The number of carboxylic acids is 1. The molecule has 2 aromatic heterocycles. The number of fused-ring (bicyclic) bond motifs is 2. The summed E-state index contributed by atoms with van der Waals surface area (Å²) in [4.78, 5) is 15.5. The van der Waals surface area contributed by atoms with Gasteiger partial charge in [-0.05, 0) is 60.2 Å². The first kappa shape index (κ1) is 23.4. The van der Waals surface area contributed by atoms with E-state index in [1.165, 1.54) is 0 Å². The second-order valence-electron chi connectivity index (χ2n) is 8.98. The van der Waals surface area contributed by atoms with Crippen LogP contribution in [0.15, 0.2) is 72.9 Å². The second kappa shape index (κ2) is 9.70. The number of benzene rings is 3. The van der Waals surface area contributed by atoms with E-state index in [1.807, 2.05) is 22.9 Å². The highest BCUT2D eigenvalue weighted by Gasteiger charge is 2.17. The largest absolute Gasteiger partial charge is 0.487 e. The number of rotatable bonds is 8. The van der Waals surface area contributed by atoms with Crippen LogP contribution >= 0.6 is 0 Å². The van der Waals surface area contributed by atoms with E-state index in [1.54, 1.807) is 18.3 Å². The summed E-state index contributed by atoms with van der Waals surface area (Å²) in [6, 6.07) is 21.9. The number of para-hydroxylation sites is 1. The summed E-state index contributed by atoms with van der Waals surface area (Å²) in [6.45, 7) is 4.51. The zero-order valence-corrected chi connectivity index (χ0v) is 20.3. The van der Waals surface area contributed by atoms with E-state index < -0.39 is 5.97 Å². The Morgan fingerprint density at radius 1 is 1.06 bits per heavy atom. The van der Waals surface area contributed by atoms with Crippen LogP contribution in [0.3, 0.4) is 0 Å². The Hall–Kier alpha value is -4.39. The number of aliphatic carboxylic acids is 1. The zero-order chi connectivity index (χ0) is 25.2. The van der Waals surface area contributed by atoms with Gasteiger partial charge in [0.25, 0.3) is 0 Å². The third kappa shape index (κ3) is 4.47. The molecule has 0 bridgehead atoms. The van der Waals surface area contributed by atoms with Crippen LogP contribution in [0.25, 0.3) is 32.8 Å². The Kier molecular flexibility index (Phi) is 6.29. The lowest BCUT2D eigenvalue weighted by Gasteiger charge is -2.11. The molecule has 0 saturated heterocycles. The van der Waals surface area contributed by atoms with Gasteiger partial charge >= 0.3 is 5.97 Å². The van der Waals surface area contributed by atoms with Crippen LogP contribution in [-0.4, -0.2) is 25.8 Å². The SMILES string of the molecule is CCC(C)n1nc(COc2ccccc2CC(=O)O)c2cc(-c3ccc4ccnc(N)c4c3)ccc21. The molecule has 0 amide bonds. The molecule has 1 atom stereocenters. The Bertz CT molecular complexity index is 1570. The Labute approximate surface area is 209 Å². The molecular weight excluding hydrogens is 452 g/mol. The summed E-state index contributed by atoms with van der Waals surface area (Å²) in [5, 5.41) is 17.1. The molecule has 7 nitrogen and oxygen atoms in total. The molecule has 0 radical (unpaired) electrons. The summed E-state index contributed by atoms with van der Waals surface area (Å²) < 4.78 is 8.16. The Morgan fingerprint density at radius 2 is 1.81 bits per heavy atom. The highest BCUT2D eigenvalue weighted by molar-refractivity contribution is 5.95. The van der Waals surface area contributed by atoms with E-state index in [4.69, 9.17) is 15.6 Å². The molecule has 3 N–H and O–H groups in total. The number of nitrogen functional groups attached to an aromatic ring is 1. The number of nitrogens with zero attached hydrogens (tertiary/aromatic N) is 3. The fourth-order valence-electron chi connectivity index (χ4n) is 4.47. The van der Waals surface area contributed by atoms with Crippen molar-refractivity contribution in [1.82, 2.24) is 14.8 Å². The average molecular weight is 481 g/mol. The van der Waals surface area contributed by atoms with Crippen LogP contribution < -0.4 is 10.5 Å². The van der Waals surface area contributed by atoms with Crippen LogP contribution in [0.4, 0.5) is 5.82 Å². The third-order valence-corrected chi connectivity index (χ3v) is 6.60. The summed E-state index contributed by atoms with van der Waals surface area (Å²) in [6.07, 6.45) is 2.56. The third-order valence-electron chi connectivity index (χ3n) is 6.60. The predicted molar refractivity (Wildman–Crippen MR) is 142 cm³/mol. The zero-order valence-electron chi connectivity index (χ0n) is 20.3. The smallest absolute Gasteiger partial charge is 0.307 e. The second-order valence-corrected chi connectivity index (χ2v) is 8.98. The molecule has 0 fully saturated rings. The number of anilines is 1. The van der Waals surface area contributed by atoms with E-state index in [-0.39, 0.29) is 19.1 Å². The van der Waals surface area contributed by atoms with E-state index >= 15 is 0 Å². The van der Waals surface area contributed by atoms with Gasteiger partial charge in [0.05, 0.1) is 11.9 Å². The van der Waals surface area contributed by atoms with Crippen molar-refractivity contribution < 1.29 is 14.6 Å². The lowest BCUT2D eigenvalue weighted by molar-refractivity contribution is -0.136. The molecule has 0 saturated carbocycles. The number of nitrogens with two attached hydrogens (primary N) is 1. The van der Waals surface area contributed by atoms with Crippen LogP contribution in [-0.2, 0) is 17.8 Å². The average Bonchev–Trinajstić information content (AvgIpc) is 3.25. The van der Waals surface area contributed by atoms with Crippen LogP contribution in [0.2, 0.25) is 0 Å². The van der Waals surface area contributed by atoms with E-state index in [0.29, 0.717) is 17.1 Å². The summed E-state index contributed by atoms with van der Waals surface area (Å²) in [5.74, 6) is 0.169. The summed E-state index contributed by atoms with van der Waals surface area (Å²) >= 11 is 0. The number of ether oxygens (including phenoxy) is 1. The first-order chi connectivity index (χ1) is 17.4. The van der Waals surface area contributed by atoms with Gasteiger partial charge in [0.15, 0.2) is 0 Å². The van der Waals surface area contributed by atoms with Crippen molar-refractivity contribution in [2.75, 3.05) is 5.73 Å². The Morgan fingerprint density at radius 3 is 2.58 bits per heavy atom. The lowest BCUT2D eigenvalue weighted by Crippen LogP contribution is -2.07. The molecule has 7 heteroatoms. The van der Waals surface area contributed by atoms with Crippen LogP contribution in [0.5, 0.6) is 5.75 Å². The van der Waals surface area contributed by atoms with Gasteiger partial charge in [-0.2, -0.15) is 5.10 Å². The van der Waals surface area contributed by atoms with Gasteiger partial charge in [-0.3, -0.25) is 9.48 Å². The van der Waals surface area contributed by atoms with Gasteiger partial charge in [0, 0.05) is 28.6 Å². The molecular formula is C29H28N4O3. The van der Waals surface area contributed by atoms with Crippen molar-refractivity contribution >= 4 is 33.5 Å². The Balaban J connectivity index is 1.55. The van der Waals surface area contributed by atoms with E-state index in [9.17, 15) is 9.90 Å². The molecule has 5 rings (SSSR count). The minimum atomic E-state index is -0.895. The molecule has 0 aliphatic rings. The fraction of sp³-hybridized carbons (Fsp3) is 0.207. The summed E-state index contributed by atoms with van der Waals surface area (Å²) in [7, 11) is 0. The molecule has 1 unspecified atom stereocenters. The first-order valence-electron chi connectivity index (χ1n) is 12.0. The molecule has 3 aromatic carbocycles. The number of aromatic nitrogens is 3. The minimum Gasteiger partial charge on any atom is -0.487 e. The van der Waals surface area contributed by atoms with E-state index in [2.05, 4.69) is 55.2 Å². The number of hydrogen-bond donors (Lipinski definition) is 2. The van der Waals surface area contributed by atoms with Crippen molar-refractivity contribution in [3.63, 3.8) is 0 Å². The number of hydrogen-bond acceptors (Lipinski definition) is 5. The normalized spacial score (nSPS) is 12.2. The van der Waals surface area contributed by atoms with Crippen molar-refractivity contribution in [3.8, 4) is 16.9 Å². The predicted octanol–water partition coefficient (Wildman–Crippen LogP) is 6.01. The topological polar surface area (TPSA) is 103 Å². The maximum absolute atomic E-state index is 11.3. The molecule has 2 heterocycles. The maximum atomic E-state index is 11.3.